The lowest BCUT2D eigenvalue weighted by atomic mass is 10.2. The van der Waals surface area contributed by atoms with E-state index in [2.05, 4.69) is 24.3 Å². The number of amides is 1. The summed E-state index contributed by atoms with van der Waals surface area (Å²) in [4.78, 5) is 13.6. The fourth-order valence-electron chi connectivity index (χ4n) is 1.74. The van der Waals surface area contributed by atoms with Crippen LogP contribution in [-0.2, 0) is 18.4 Å². The Morgan fingerprint density at radius 1 is 1.56 bits per heavy atom. The molecule has 0 saturated carbocycles. The number of carbonyl (C=O) groups is 1. The minimum Gasteiger partial charge on any atom is -0.341 e. The standard InChI is InChI=1S/C13H24N4O/c1-11(2)14-7-5-6-13(18)16(3)9-12-8-15-17(4)10-12/h8,10-11,14H,5-7,9H2,1-4H3. The Labute approximate surface area is 109 Å². The molecular weight excluding hydrogens is 228 g/mol. The smallest absolute Gasteiger partial charge is 0.222 e. The topological polar surface area (TPSA) is 50.2 Å². The van der Waals surface area contributed by atoms with Gasteiger partial charge in [-0.2, -0.15) is 5.10 Å². The summed E-state index contributed by atoms with van der Waals surface area (Å²) < 4.78 is 1.75. The number of rotatable bonds is 7. The number of carbonyl (C=O) groups excluding carboxylic acids is 1. The molecular formula is C13H24N4O. The van der Waals surface area contributed by atoms with Gasteiger partial charge in [0.1, 0.15) is 0 Å². The zero-order chi connectivity index (χ0) is 13.5. The highest BCUT2D eigenvalue weighted by Gasteiger charge is 2.09. The van der Waals surface area contributed by atoms with Crippen molar-refractivity contribution in [3.05, 3.63) is 18.0 Å². The van der Waals surface area contributed by atoms with E-state index in [4.69, 9.17) is 0 Å². The lowest BCUT2D eigenvalue weighted by Crippen LogP contribution is -2.28. The molecule has 0 fully saturated rings. The van der Waals surface area contributed by atoms with Gasteiger partial charge in [0.15, 0.2) is 0 Å². The minimum absolute atomic E-state index is 0.185. The number of aryl methyl sites for hydroxylation is 1. The lowest BCUT2D eigenvalue weighted by molar-refractivity contribution is -0.130. The van der Waals surface area contributed by atoms with Crippen LogP contribution in [0, 0.1) is 0 Å². The van der Waals surface area contributed by atoms with E-state index in [1.165, 1.54) is 0 Å². The highest BCUT2D eigenvalue weighted by molar-refractivity contribution is 5.75. The molecule has 0 bridgehead atoms. The molecule has 0 atom stereocenters. The van der Waals surface area contributed by atoms with Crippen molar-refractivity contribution in [1.82, 2.24) is 20.0 Å². The first-order chi connectivity index (χ1) is 8.49. The molecule has 0 aliphatic heterocycles. The molecule has 0 spiro atoms. The summed E-state index contributed by atoms with van der Waals surface area (Å²) in [6, 6.07) is 0.480. The highest BCUT2D eigenvalue weighted by atomic mass is 16.2. The van der Waals surface area contributed by atoms with Gasteiger partial charge in [-0.05, 0) is 13.0 Å². The Bertz CT molecular complexity index is 373. The van der Waals surface area contributed by atoms with Crippen LogP contribution in [0.1, 0.15) is 32.3 Å². The molecule has 0 aliphatic carbocycles. The van der Waals surface area contributed by atoms with Crippen molar-refractivity contribution in [1.29, 1.82) is 0 Å². The maximum absolute atomic E-state index is 11.9. The largest absolute Gasteiger partial charge is 0.341 e. The molecule has 1 heterocycles. The van der Waals surface area contributed by atoms with Crippen LogP contribution in [-0.4, -0.2) is 40.2 Å². The summed E-state index contributed by atoms with van der Waals surface area (Å²) in [5.41, 5.74) is 1.06. The maximum atomic E-state index is 11.9. The van der Waals surface area contributed by atoms with Crippen LogP contribution >= 0.6 is 0 Å². The molecule has 1 rings (SSSR count). The van der Waals surface area contributed by atoms with Crippen molar-refractivity contribution in [2.75, 3.05) is 13.6 Å². The van der Waals surface area contributed by atoms with Crippen LogP contribution in [0.15, 0.2) is 12.4 Å². The second kappa shape index (κ2) is 7.16. The summed E-state index contributed by atoms with van der Waals surface area (Å²) in [6.45, 7) is 5.74. The van der Waals surface area contributed by atoms with Crippen molar-refractivity contribution in [2.45, 2.75) is 39.3 Å². The summed E-state index contributed by atoms with van der Waals surface area (Å²) in [5.74, 6) is 0.185. The molecule has 1 aromatic heterocycles. The average molecular weight is 252 g/mol. The number of aromatic nitrogens is 2. The fourth-order valence-corrected chi connectivity index (χ4v) is 1.74. The zero-order valence-corrected chi connectivity index (χ0v) is 11.8. The Morgan fingerprint density at radius 2 is 2.28 bits per heavy atom. The van der Waals surface area contributed by atoms with Gasteiger partial charge in [0.25, 0.3) is 0 Å². The third-order valence-corrected chi connectivity index (χ3v) is 2.72. The Hall–Kier alpha value is -1.36. The molecule has 0 aliphatic rings. The van der Waals surface area contributed by atoms with E-state index in [1.807, 2.05) is 20.3 Å². The van der Waals surface area contributed by atoms with Gasteiger partial charge < -0.3 is 10.2 Å². The second-order valence-corrected chi connectivity index (χ2v) is 4.98. The predicted molar refractivity (Wildman–Crippen MR) is 72.1 cm³/mol. The Kier molecular flexibility index (Phi) is 5.85. The lowest BCUT2D eigenvalue weighted by Gasteiger charge is -2.16. The average Bonchev–Trinajstić information content (AvgIpc) is 2.69. The second-order valence-electron chi connectivity index (χ2n) is 4.98. The zero-order valence-electron chi connectivity index (χ0n) is 11.8. The van der Waals surface area contributed by atoms with E-state index in [-0.39, 0.29) is 5.91 Å². The molecule has 102 valence electrons. The quantitative estimate of drug-likeness (QED) is 0.741. The third kappa shape index (κ3) is 5.31. The summed E-state index contributed by atoms with van der Waals surface area (Å²) in [7, 11) is 3.72. The number of nitrogens with one attached hydrogen (secondary N) is 1. The summed E-state index contributed by atoms with van der Waals surface area (Å²) >= 11 is 0. The van der Waals surface area contributed by atoms with E-state index in [0.717, 1.165) is 18.5 Å². The molecule has 1 amide bonds. The van der Waals surface area contributed by atoms with Crippen LogP contribution in [0.4, 0.5) is 0 Å². The maximum Gasteiger partial charge on any atom is 0.222 e. The summed E-state index contributed by atoms with van der Waals surface area (Å²) in [5, 5.41) is 7.40. The normalized spacial score (nSPS) is 10.9. The molecule has 0 saturated heterocycles. The number of hydrogen-bond acceptors (Lipinski definition) is 3. The highest BCUT2D eigenvalue weighted by Crippen LogP contribution is 2.03. The molecule has 5 nitrogen and oxygen atoms in total. The molecule has 5 heteroatoms. The molecule has 1 aromatic rings. The molecule has 18 heavy (non-hydrogen) atoms. The first-order valence-electron chi connectivity index (χ1n) is 6.44. The number of nitrogens with zero attached hydrogens (tertiary/aromatic N) is 3. The first-order valence-corrected chi connectivity index (χ1v) is 6.44. The van der Waals surface area contributed by atoms with Crippen LogP contribution in [0.25, 0.3) is 0 Å². The van der Waals surface area contributed by atoms with Gasteiger partial charge in [-0.3, -0.25) is 9.48 Å². The van der Waals surface area contributed by atoms with Crippen LogP contribution in [0.3, 0.4) is 0 Å². The van der Waals surface area contributed by atoms with Crippen molar-refractivity contribution >= 4 is 5.91 Å². The van der Waals surface area contributed by atoms with Gasteiger partial charge in [0.2, 0.25) is 5.91 Å². The fraction of sp³-hybridized carbons (Fsp3) is 0.692. The minimum atomic E-state index is 0.185. The van der Waals surface area contributed by atoms with E-state index in [1.54, 1.807) is 15.8 Å². The van der Waals surface area contributed by atoms with E-state index < -0.39 is 0 Å². The molecule has 0 aromatic carbocycles. The molecule has 0 radical (unpaired) electrons. The third-order valence-electron chi connectivity index (χ3n) is 2.72. The first kappa shape index (κ1) is 14.7. The predicted octanol–water partition coefficient (Wildman–Crippen LogP) is 1.16. The van der Waals surface area contributed by atoms with Crippen molar-refractivity contribution < 1.29 is 4.79 Å². The van der Waals surface area contributed by atoms with Crippen LogP contribution in [0.2, 0.25) is 0 Å². The van der Waals surface area contributed by atoms with Crippen LogP contribution < -0.4 is 5.32 Å². The van der Waals surface area contributed by atoms with Gasteiger partial charge in [-0.1, -0.05) is 13.8 Å². The van der Waals surface area contributed by atoms with Crippen molar-refractivity contribution in [3.8, 4) is 0 Å². The molecule has 1 N–H and O–H groups in total. The van der Waals surface area contributed by atoms with Crippen LogP contribution in [0.5, 0.6) is 0 Å². The monoisotopic (exact) mass is 252 g/mol. The molecule has 0 unspecified atom stereocenters. The van der Waals surface area contributed by atoms with Gasteiger partial charge in [0.05, 0.1) is 6.20 Å². The SMILES string of the molecule is CC(C)NCCCC(=O)N(C)Cc1cnn(C)c1. The van der Waals surface area contributed by atoms with Crippen molar-refractivity contribution in [2.24, 2.45) is 7.05 Å². The van der Waals surface area contributed by atoms with E-state index in [9.17, 15) is 4.79 Å². The Balaban J connectivity index is 2.24. The van der Waals surface area contributed by atoms with E-state index >= 15 is 0 Å². The Morgan fingerprint density at radius 3 is 2.83 bits per heavy atom. The van der Waals surface area contributed by atoms with Crippen molar-refractivity contribution in [3.63, 3.8) is 0 Å². The van der Waals surface area contributed by atoms with Gasteiger partial charge in [0, 0.05) is 44.9 Å². The van der Waals surface area contributed by atoms with Gasteiger partial charge >= 0.3 is 0 Å². The van der Waals surface area contributed by atoms with Gasteiger partial charge in [-0.25, -0.2) is 0 Å². The number of hydrogen-bond donors (Lipinski definition) is 1. The summed E-state index contributed by atoms with van der Waals surface area (Å²) in [6.07, 6.45) is 5.21. The van der Waals surface area contributed by atoms with E-state index in [0.29, 0.717) is 19.0 Å². The van der Waals surface area contributed by atoms with Gasteiger partial charge in [-0.15, -0.1) is 0 Å².